The first-order chi connectivity index (χ1) is 9.60. The summed E-state index contributed by atoms with van der Waals surface area (Å²) in [6, 6.07) is 14.8. The summed E-state index contributed by atoms with van der Waals surface area (Å²) in [5.41, 5.74) is 3.66. The maximum absolute atomic E-state index is 5.97. The number of halogens is 2. The van der Waals surface area contributed by atoms with Crippen LogP contribution in [0.2, 0.25) is 5.02 Å². The average molecular weight is 353 g/mol. The summed E-state index contributed by atoms with van der Waals surface area (Å²) < 4.78 is 1.14. The molecule has 2 aromatic carbocycles. The minimum Gasteiger partial charge on any atom is -0.378 e. The molecule has 1 unspecified atom stereocenters. The smallest absolute Gasteiger partial charge is 0.0513 e. The number of benzene rings is 2. The Labute approximate surface area is 134 Å². The molecule has 2 rings (SSSR count). The van der Waals surface area contributed by atoms with Gasteiger partial charge in [0.2, 0.25) is 0 Å². The molecule has 0 aliphatic heterocycles. The topological polar surface area (TPSA) is 12.0 Å². The monoisotopic (exact) mass is 351 g/mol. The van der Waals surface area contributed by atoms with Gasteiger partial charge >= 0.3 is 0 Å². The van der Waals surface area contributed by atoms with Crippen LogP contribution in [0.5, 0.6) is 0 Å². The van der Waals surface area contributed by atoms with E-state index < -0.39 is 0 Å². The molecule has 3 heteroatoms. The van der Waals surface area contributed by atoms with Crippen LogP contribution in [-0.2, 0) is 0 Å². The van der Waals surface area contributed by atoms with Gasteiger partial charge in [0.15, 0.2) is 0 Å². The maximum atomic E-state index is 5.97. The Morgan fingerprint density at radius 2 is 1.85 bits per heavy atom. The van der Waals surface area contributed by atoms with Gasteiger partial charge in [-0.3, -0.25) is 0 Å². The minimum atomic E-state index is 0.317. The summed E-state index contributed by atoms with van der Waals surface area (Å²) in [5, 5.41) is 4.40. The summed E-state index contributed by atoms with van der Waals surface area (Å²) >= 11 is 9.50. The lowest BCUT2D eigenvalue weighted by molar-refractivity contribution is 0.677. The molecule has 0 heterocycles. The molecule has 20 heavy (non-hydrogen) atoms. The van der Waals surface area contributed by atoms with Crippen LogP contribution < -0.4 is 5.32 Å². The molecule has 1 nitrogen and oxygen atoms in total. The van der Waals surface area contributed by atoms with Crippen molar-refractivity contribution in [3.05, 3.63) is 63.1 Å². The van der Waals surface area contributed by atoms with Gasteiger partial charge in [0.25, 0.3) is 0 Å². The quantitative estimate of drug-likeness (QED) is 0.659. The van der Waals surface area contributed by atoms with E-state index in [-0.39, 0.29) is 0 Å². The zero-order valence-corrected chi connectivity index (χ0v) is 14.1. The van der Waals surface area contributed by atoms with Gasteiger partial charge in [0.05, 0.1) is 6.04 Å². The molecule has 0 fully saturated rings. The van der Waals surface area contributed by atoms with Crippen molar-refractivity contribution in [3.8, 4) is 0 Å². The number of nitrogens with one attached hydrogen (secondary N) is 1. The van der Waals surface area contributed by atoms with E-state index in [4.69, 9.17) is 11.6 Å². The van der Waals surface area contributed by atoms with E-state index in [0.717, 1.165) is 28.0 Å². The Morgan fingerprint density at radius 1 is 1.15 bits per heavy atom. The molecule has 0 aliphatic rings. The lowest BCUT2D eigenvalue weighted by Gasteiger charge is -2.20. The summed E-state index contributed by atoms with van der Waals surface area (Å²) in [4.78, 5) is 0. The Hall–Kier alpha value is -0.990. The molecule has 106 valence electrons. The second-order valence-electron chi connectivity index (χ2n) is 5.00. The first-order valence-corrected chi connectivity index (χ1v) is 8.05. The predicted octanol–water partition coefficient (Wildman–Crippen LogP) is 6.36. The Morgan fingerprint density at radius 3 is 2.45 bits per heavy atom. The highest BCUT2D eigenvalue weighted by Gasteiger charge is 2.10. The van der Waals surface area contributed by atoms with Crippen LogP contribution in [0.1, 0.15) is 36.9 Å². The average Bonchev–Trinajstić information content (AvgIpc) is 2.43. The molecule has 1 N–H and O–H groups in total. The number of hydrogen-bond acceptors (Lipinski definition) is 1. The number of rotatable bonds is 5. The molecule has 0 spiro atoms. The molecule has 0 bridgehead atoms. The molecule has 0 aromatic heterocycles. The zero-order chi connectivity index (χ0) is 14.5. The molecule has 0 saturated heterocycles. The van der Waals surface area contributed by atoms with Crippen molar-refractivity contribution in [2.45, 2.75) is 32.7 Å². The lowest BCUT2D eigenvalue weighted by Crippen LogP contribution is -2.10. The first-order valence-electron chi connectivity index (χ1n) is 6.88. The van der Waals surface area contributed by atoms with Crippen molar-refractivity contribution in [2.75, 3.05) is 5.32 Å². The van der Waals surface area contributed by atoms with Gasteiger partial charge in [-0.2, -0.15) is 0 Å². The van der Waals surface area contributed by atoms with Crippen LogP contribution >= 0.6 is 27.5 Å². The van der Waals surface area contributed by atoms with Gasteiger partial charge in [0.1, 0.15) is 0 Å². The van der Waals surface area contributed by atoms with E-state index in [0.29, 0.717) is 6.04 Å². The van der Waals surface area contributed by atoms with Crippen LogP contribution in [-0.4, -0.2) is 0 Å². The van der Waals surface area contributed by atoms with Gasteiger partial charge in [-0.15, -0.1) is 0 Å². The first kappa shape index (κ1) is 15.4. The largest absolute Gasteiger partial charge is 0.378 e. The lowest BCUT2D eigenvalue weighted by atomic mass is 10.0. The van der Waals surface area contributed by atoms with Crippen molar-refractivity contribution in [1.29, 1.82) is 0 Å². The van der Waals surface area contributed by atoms with Crippen LogP contribution in [0.3, 0.4) is 0 Å². The van der Waals surface area contributed by atoms with Crippen LogP contribution in [0, 0.1) is 6.92 Å². The Kier molecular flexibility index (Phi) is 5.50. The van der Waals surface area contributed by atoms with E-state index in [9.17, 15) is 0 Å². The fraction of sp³-hybridized carbons (Fsp3) is 0.294. The van der Waals surface area contributed by atoms with Crippen molar-refractivity contribution in [3.63, 3.8) is 0 Å². The van der Waals surface area contributed by atoms with Gasteiger partial charge in [-0.1, -0.05) is 53.0 Å². The van der Waals surface area contributed by atoms with E-state index in [2.05, 4.69) is 65.4 Å². The zero-order valence-electron chi connectivity index (χ0n) is 11.8. The van der Waals surface area contributed by atoms with Crippen molar-refractivity contribution in [2.24, 2.45) is 0 Å². The van der Waals surface area contributed by atoms with E-state index in [1.54, 1.807) is 0 Å². The Balaban J connectivity index is 2.20. The van der Waals surface area contributed by atoms with Gasteiger partial charge in [-0.25, -0.2) is 0 Å². The summed E-state index contributed by atoms with van der Waals surface area (Å²) in [7, 11) is 0. The van der Waals surface area contributed by atoms with Gasteiger partial charge in [0, 0.05) is 15.2 Å². The summed E-state index contributed by atoms with van der Waals surface area (Å²) in [6.07, 6.45) is 2.23. The number of anilines is 1. The second-order valence-corrected chi connectivity index (χ2v) is 6.29. The summed E-state index contributed by atoms with van der Waals surface area (Å²) in [6.45, 7) is 4.31. The van der Waals surface area contributed by atoms with E-state index in [1.165, 1.54) is 11.1 Å². The molecule has 0 amide bonds. The number of aryl methyl sites for hydroxylation is 1. The third-order valence-corrected chi connectivity index (χ3v) is 4.49. The standard InChI is InChI=1S/C17H19BrClN/c1-3-4-17(13-5-7-14(19)8-6-13)20-15-9-10-16(18)12(2)11-15/h5-11,17,20H,3-4H2,1-2H3. The third kappa shape index (κ3) is 4.00. The minimum absolute atomic E-state index is 0.317. The van der Waals surface area contributed by atoms with E-state index in [1.807, 2.05) is 12.1 Å². The highest BCUT2D eigenvalue weighted by Crippen LogP contribution is 2.27. The maximum Gasteiger partial charge on any atom is 0.0513 e. The van der Waals surface area contributed by atoms with Gasteiger partial charge < -0.3 is 5.32 Å². The third-order valence-electron chi connectivity index (χ3n) is 3.35. The van der Waals surface area contributed by atoms with E-state index >= 15 is 0 Å². The number of hydrogen-bond donors (Lipinski definition) is 1. The predicted molar refractivity (Wildman–Crippen MR) is 91.6 cm³/mol. The van der Waals surface area contributed by atoms with Crippen molar-refractivity contribution < 1.29 is 0 Å². The second kappa shape index (κ2) is 7.14. The molecular weight excluding hydrogens is 334 g/mol. The van der Waals surface area contributed by atoms with Crippen molar-refractivity contribution in [1.82, 2.24) is 0 Å². The molecule has 0 radical (unpaired) electrons. The van der Waals surface area contributed by atoms with Gasteiger partial charge in [-0.05, 0) is 54.8 Å². The molecular formula is C17H19BrClN. The highest BCUT2D eigenvalue weighted by molar-refractivity contribution is 9.10. The van der Waals surface area contributed by atoms with Crippen molar-refractivity contribution >= 4 is 33.2 Å². The van der Waals surface area contributed by atoms with Crippen LogP contribution in [0.25, 0.3) is 0 Å². The molecule has 0 saturated carbocycles. The molecule has 0 aliphatic carbocycles. The summed E-state index contributed by atoms with van der Waals surface area (Å²) in [5.74, 6) is 0. The fourth-order valence-corrected chi connectivity index (χ4v) is 2.61. The SMILES string of the molecule is CCCC(Nc1ccc(Br)c(C)c1)c1ccc(Cl)cc1. The molecule has 2 aromatic rings. The Bertz CT molecular complexity index is 566. The normalized spacial score (nSPS) is 12.2. The molecule has 1 atom stereocenters. The van der Waals surface area contributed by atoms with Crippen LogP contribution in [0.4, 0.5) is 5.69 Å². The fourth-order valence-electron chi connectivity index (χ4n) is 2.24. The van der Waals surface area contributed by atoms with Crippen LogP contribution in [0.15, 0.2) is 46.9 Å². The highest BCUT2D eigenvalue weighted by atomic mass is 79.9.